The van der Waals surface area contributed by atoms with Gasteiger partial charge >= 0.3 is 0 Å². The summed E-state index contributed by atoms with van der Waals surface area (Å²) in [6.07, 6.45) is 3.78. The average Bonchev–Trinajstić information content (AvgIpc) is 3.01. The monoisotopic (exact) mass is 202 g/mol. The van der Waals surface area contributed by atoms with Crippen LogP contribution in [0.3, 0.4) is 0 Å². The summed E-state index contributed by atoms with van der Waals surface area (Å²) in [7, 11) is 0. The van der Waals surface area contributed by atoms with Gasteiger partial charge in [0.2, 0.25) is 5.91 Å². The van der Waals surface area contributed by atoms with Crippen LogP contribution in [0.25, 0.3) is 0 Å². The van der Waals surface area contributed by atoms with Crippen molar-refractivity contribution in [2.75, 3.05) is 10.6 Å². The lowest BCUT2D eigenvalue weighted by Crippen LogP contribution is -2.36. The lowest BCUT2D eigenvalue weighted by atomic mass is 10.0. The zero-order valence-electron chi connectivity index (χ0n) is 8.57. The molecule has 3 heteroatoms. The van der Waals surface area contributed by atoms with Gasteiger partial charge in [0, 0.05) is 23.8 Å². The molecule has 0 radical (unpaired) electrons. The summed E-state index contributed by atoms with van der Waals surface area (Å²) in [6, 6.07) is 6.34. The van der Waals surface area contributed by atoms with E-state index in [4.69, 9.17) is 5.73 Å². The summed E-state index contributed by atoms with van der Waals surface area (Å²) < 4.78 is 0. The summed E-state index contributed by atoms with van der Waals surface area (Å²) >= 11 is 0. The van der Waals surface area contributed by atoms with E-state index < -0.39 is 0 Å². The van der Waals surface area contributed by atoms with Crippen LogP contribution >= 0.6 is 0 Å². The maximum Gasteiger partial charge on any atom is 0.227 e. The molecule has 1 aliphatic carbocycles. The molecule has 1 heterocycles. The fraction of sp³-hybridized carbons (Fsp3) is 0.417. The molecule has 1 aliphatic heterocycles. The number of hydrogen-bond acceptors (Lipinski definition) is 2. The minimum absolute atomic E-state index is 0.260. The molecule has 0 bridgehead atoms. The van der Waals surface area contributed by atoms with Crippen molar-refractivity contribution in [1.29, 1.82) is 0 Å². The summed E-state index contributed by atoms with van der Waals surface area (Å²) in [4.78, 5) is 13.8. The van der Waals surface area contributed by atoms with Crippen molar-refractivity contribution in [2.24, 2.45) is 0 Å². The highest BCUT2D eigenvalue weighted by molar-refractivity contribution is 5.97. The van der Waals surface area contributed by atoms with E-state index in [2.05, 4.69) is 0 Å². The Morgan fingerprint density at radius 1 is 1.27 bits per heavy atom. The summed E-state index contributed by atoms with van der Waals surface area (Å²) in [6.45, 7) is 0. The molecule has 2 N–H and O–H groups in total. The summed E-state index contributed by atoms with van der Waals surface area (Å²) in [5, 5.41) is 0. The van der Waals surface area contributed by atoms with Crippen molar-refractivity contribution in [3.8, 4) is 0 Å². The zero-order chi connectivity index (χ0) is 10.4. The Labute approximate surface area is 88.9 Å². The second-order valence-electron chi connectivity index (χ2n) is 4.38. The van der Waals surface area contributed by atoms with Crippen molar-refractivity contribution in [2.45, 2.75) is 31.7 Å². The number of nitrogen functional groups attached to an aromatic ring is 1. The Balaban J connectivity index is 2.08. The van der Waals surface area contributed by atoms with E-state index in [9.17, 15) is 4.79 Å². The molecule has 1 saturated carbocycles. The standard InChI is InChI=1S/C12H14N2O/c13-9-3-1-8-2-6-12(15)14(10-4-5-10)11(8)7-9/h1,3,7,10H,2,4-6,13H2. The van der Waals surface area contributed by atoms with Crippen LogP contribution in [-0.4, -0.2) is 11.9 Å². The normalized spacial score (nSPS) is 20.3. The second-order valence-corrected chi connectivity index (χ2v) is 4.38. The van der Waals surface area contributed by atoms with Crippen molar-refractivity contribution >= 4 is 17.3 Å². The van der Waals surface area contributed by atoms with Crippen LogP contribution in [0.15, 0.2) is 18.2 Å². The molecule has 0 saturated heterocycles. The van der Waals surface area contributed by atoms with Crippen LogP contribution in [0.1, 0.15) is 24.8 Å². The molecule has 1 aromatic carbocycles. The fourth-order valence-electron chi connectivity index (χ4n) is 2.25. The Kier molecular flexibility index (Phi) is 1.75. The average molecular weight is 202 g/mol. The fourth-order valence-corrected chi connectivity index (χ4v) is 2.25. The molecule has 1 aromatic rings. The number of aryl methyl sites for hydroxylation is 1. The minimum atomic E-state index is 0.260. The third kappa shape index (κ3) is 1.39. The predicted molar refractivity (Wildman–Crippen MR) is 59.7 cm³/mol. The van der Waals surface area contributed by atoms with E-state index >= 15 is 0 Å². The van der Waals surface area contributed by atoms with Crippen LogP contribution in [0.4, 0.5) is 11.4 Å². The van der Waals surface area contributed by atoms with Gasteiger partial charge in [0.15, 0.2) is 0 Å². The van der Waals surface area contributed by atoms with Gasteiger partial charge in [0.05, 0.1) is 0 Å². The lowest BCUT2D eigenvalue weighted by Gasteiger charge is -2.29. The van der Waals surface area contributed by atoms with Crippen molar-refractivity contribution < 1.29 is 4.79 Å². The van der Waals surface area contributed by atoms with E-state index in [0.717, 1.165) is 30.6 Å². The van der Waals surface area contributed by atoms with Gasteiger partial charge in [0.25, 0.3) is 0 Å². The van der Waals surface area contributed by atoms with Gasteiger partial charge in [-0.3, -0.25) is 4.79 Å². The van der Waals surface area contributed by atoms with Gasteiger partial charge in [-0.2, -0.15) is 0 Å². The minimum Gasteiger partial charge on any atom is -0.399 e. The highest BCUT2D eigenvalue weighted by Gasteiger charge is 2.36. The number of nitrogens with two attached hydrogens (primary N) is 1. The Bertz CT molecular complexity index is 424. The van der Waals surface area contributed by atoms with E-state index in [-0.39, 0.29) is 5.91 Å². The first-order chi connectivity index (χ1) is 7.25. The third-order valence-electron chi connectivity index (χ3n) is 3.16. The maximum atomic E-state index is 11.8. The quantitative estimate of drug-likeness (QED) is 0.705. The molecule has 15 heavy (non-hydrogen) atoms. The molecular formula is C12H14N2O. The van der Waals surface area contributed by atoms with Gasteiger partial charge in [-0.25, -0.2) is 0 Å². The first kappa shape index (κ1) is 8.77. The molecule has 0 spiro atoms. The number of rotatable bonds is 1. The zero-order valence-corrected chi connectivity index (χ0v) is 8.57. The largest absolute Gasteiger partial charge is 0.399 e. The number of hydrogen-bond donors (Lipinski definition) is 1. The second kappa shape index (κ2) is 2.99. The lowest BCUT2D eigenvalue weighted by molar-refractivity contribution is -0.119. The number of amides is 1. The molecule has 1 amide bonds. The highest BCUT2D eigenvalue weighted by atomic mass is 16.2. The number of benzene rings is 1. The number of nitrogens with zero attached hydrogens (tertiary/aromatic N) is 1. The predicted octanol–water partition coefficient (Wildman–Crippen LogP) is 1.71. The van der Waals surface area contributed by atoms with E-state index in [1.165, 1.54) is 5.56 Å². The van der Waals surface area contributed by atoms with Gasteiger partial charge in [-0.1, -0.05) is 6.07 Å². The molecular weight excluding hydrogens is 188 g/mol. The van der Waals surface area contributed by atoms with Crippen LogP contribution in [-0.2, 0) is 11.2 Å². The van der Waals surface area contributed by atoms with E-state index in [1.54, 1.807) is 0 Å². The van der Waals surface area contributed by atoms with Gasteiger partial charge in [0.1, 0.15) is 0 Å². The molecule has 0 atom stereocenters. The molecule has 3 nitrogen and oxygen atoms in total. The molecule has 0 aromatic heterocycles. The Morgan fingerprint density at radius 2 is 2.07 bits per heavy atom. The van der Waals surface area contributed by atoms with Gasteiger partial charge in [-0.05, 0) is 37.0 Å². The Hall–Kier alpha value is -1.51. The van der Waals surface area contributed by atoms with Crippen LogP contribution in [0, 0.1) is 0 Å². The van der Waals surface area contributed by atoms with Crippen LogP contribution < -0.4 is 10.6 Å². The maximum absolute atomic E-state index is 11.8. The third-order valence-corrected chi connectivity index (χ3v) is 3.16. The summed E-state index contributed by atoms with van der Waals surface area (Å²) in [5.74, 6) is 0.260. The molecule has 78 valence electrons. The molecule has 0 unspecified atom stereocenters. The number of carbonyl (C=O) groups is 1. The topological polar surface area (TPSA) is 46.3 Å². The van der Waals surface area contributed by atoms with E-state index in [0.29, 0.717) is 12.5 Å². The van der Waals surface area contributed by atoms with E-state index in [1.807, 2.05) is 23.1 Å². The van der Waals surface area contributed by atoms with Crippen LogP contribution in [0.5, 0.6) is 0 Å². The molecule has 3 rings (SSSR count). The van der Waals surface area contributed by atoms with Crippen molar-refractivity contribution in [1.82, 2.24) is 0 Å². The molecule has 2 aliphatic rings. The number of carbonyl (C=O) groups excluding carboxylic acids is 1. The van der Waals surface area contributed by atoms with Gasteiger partial charge < -0.3 is 10.6 Å². The van der Waals surface area contributed by atoms with Crippen LogP contribution in [0.2, 0.25) is 0 Å². The SMILES string of the molecule is Nc1ccc2c(c1)N(C1CC1)C(=O)CC2. The van der Waals surface area contributed by atoms with Crippen molar-refractivity contribution in [3.05, 3.63) is 23.8 Å². The highest BCUT2D eigenvalue weighted by Crippen LogP contribution is 2.38. The molecule has 1 fully saturated rings. The first-order valence-corrected chi connectivity index (χ1v) is 5.46. The Morgan fingerprint density at radius 3 is 2.80 bits per heavy atom. The summed E-state index contributed by atoms with van der Waals surface area (Å²) in [5.41, 5.74) is 8.83. The number of anilines is 2. The van der Waals surface area contributed by atoms with Crippen molar-refractivity contribution in [3.63, 3.8) is 0 Å². The van der Waals surface area contributed by atoms with Gasteiger partial charge in [-0.15, -0.1) is 0 Å². The smallest absolute Gasteiger partial charge is 0.227 e. The number of fused-ring (bicyclic) bond motifs is 1. The first-order valence-electron chi connectivity index (χ1n) is 5.46.